The molecular formula is C20H16BrNO5. The zero-order valence-corrected chi connectivity index (χ0v) is 16.1. The van der Waals surface area contributed by atoms with Crippen LogP contribution in [0.2, 0.25) is 0 Å². The van der Waals surface area contributed by atoms with Gasteiger partial charge in [0.15, 0.2) is 6.61 Å². The van der Waals surface area contributed by atoms with Gasteiger partial charge in [-0.15, -0.1) is 0 Å². The van der Waals surface area contributed by atoms with Crippen LogP contribution in [0.3, 0.4) is 0 Å². The van der Waals surface area contributed by atoms with Gasteiger partial charge in [-0.3, -0.25) is 0 Å². The minimum absolute atomic E-state index is 0.140. The van der Waals surface area contributed by atoms with E-state index in [0.717, 1.165) is 4.47 Å². The highest BCUT2D eigenvalue weighted by Gasteiger charge is 2.11. The molecule has 0 aliphatic rings. The van der Waals surface area contributed by atoms with Crippen LogP contribution in [-0.2, 0) is 14.3 Å². The molecule has 0 unspecified atom stereocenters. The van der Waals surface area contributed by atoms with E-state index in [1.807, 2.05) is 0 Å². The second-order valence-corrected chi connectivity index (χ2v) is 6.10. The summed E-state index contributed by atoms with van der Waals surface area (Å²) in [6.45, 7) is 1.57. The van der Waals surface area contributed by atoms with E-state index in [1.54, 1.807) is 55.5 Å². The average molecular weight is 430 g/mol. The molecule has 0 fully saturated rings. The third-order valence-electron chi connectivity index (χ3n) is 3.19. The predicted octanol–water partition coefficient (Wildman–Crippen LogP) is 3.90. The molecule has 0 saturated heterocycles. The number of ether oxygens (including phenoxy) is 3. The molecule has 2 aromatic rings. The third-order valence-corrected chi connectivity index (χ3v) is 3.72. The molecule has 0 N–H and O–H groups in total. The fourth-order valence-electron chi connectivity index (χ4n) is 2.01. The minimum atomic E-state index is -0.703. The third kappa shape index (κ3) is 6.60. The zero-order valence-electron chi connectivity index (χ0n) is 14.5. The quantitative estimate of drug-likeness (QED) is 0.287. The highest BCUT2D eigenvalue weighted by atomic mass is 79.9. The molecule has 0 saturated carbocycles. The van der Waals surface area contributed by atoms with Crippen LogP contribution in [0.4, 0.5) is 0 Å². The topological polar surface area (TPSA) is 85.6 Å². The van der Waals surface area contributed by atoms with Gasteiger partial charge < -0.3 is 14.2 Å². The number of nitriles is 1. The zero-order chi connectivity index (χ0) is 19.6. The fraction of sp³-hybridized carbons (Fsp3) is 0.150. The lowest BCUT2D eigenvalue weighted by molar-refractivity contribution is -0.138. The molecule has 0 aliphatic heterocycles. The van der Waals surface area contributed by atoms with Gasteiger partial charge in [0.05, 0.1) is 6.61 Å². The van der Waals surface area contributed by atoms with Gasteiger partial charge in [-0.1, -0.05) is 28.1 Å². The molecule has 0 bridgehead atoms. The van der Waals surface area contributed by atoms with Crippen molar-refractivity contribution >= 4 is 33.9 Å². The molecule has 0 radical (unpaired) electrons. The van der Waals surface area contributed by atoms with Crippen LogP contribution in [0, 0.1) is 11.3 Å². The van der Waals surface area contributed by atoms with Crippen LogP contribution >= 0.6 is 15.9 Å². The highest BCUT2D eigenvalue weighted by molar-refractivity contribution is 9.10. The first kappa shape index (κ1) is 20.2. The number of carbonyl (C=O) groups excluding carboxylic acids is 2. The second kappa shape index (κ2) is 10.1. The summed E-state index contributed by atoms with van der Waals surface area (Å²) in [5.74, 6) is -0.468. The van der Waals surface area contributed by atoms with Gasteiger partial charge in [-0.05, 0) is 55.0 Å². The van der Waals surface area contributed by atoms with E-state index in [4.69, 9.17) is 19.5 Å². The number of halogens is 1. The van der Waals surface area contributed by atoms with Gasteiger partial charge >= 0.3 is 11.9 Å². The van der Waals surface area contributed by atoms with E-state index in [-0.39, 0.29) is 24.5 Å². The molecule has 6 nitrogen and oxygen atoms in total. The lowest BCUT2D eigenvalue weighted by Crippen LogP contribution is -2.17. The summed E-state index contributed by atoms with van der Waals surface area (Å²) < 4.78 is 16.3. The lowest BCUT2D eigenvalue weighted by atomic mass is 10.1. The molecule has 2 aromatic carbocycles. The van der Waals surface area contributed by atoms with Crippen molar-refractivity contribution in [3.63, 3.8) is 0 Å². The molecule has 7 heteroatoms. The minimum Gasteiger partial charge on any atom is -0.482 e. The summed E-state index contributed by atoms with van der Waals surface area (Å²) >= 11 is 3.32. The summed E-state index contributed by atoms with van der Waals surface area (Å²) in [5, 5.41) is 9.07. The van der Waals surface area contributed by atoms with Crippen LogP contribution in [0.5, 0.6) is 11.5 Å². The molecule has 0 spiro atoms. The molecule has 2 rings (SSSR count). The van der Waals surface area contributed by atoms with Crippen molar-refractivity contribution in [1.29, 1.82) is 5.26 Å². The van der Waals surface area contributed by atoms with Crippen LogP contribution in [-0.4, -0.2) is 25.2 Å². The normalized spacial score (nSPS) is 10.6. The van der Waals surface area contributed by atoms with Crippen molar-refractivity contribution in [1.82, 2.24) is 0 Å². The Morgan fingerprint density at radius 1 is 1.15 bits per heavy atom. The Balaban J connectivity index is 2.00. The van der Waals surface area contributed by atoms with Crippen molar-refractivity contribution < 1.29 is 23.8 Å². The van der Waals surface area contributed by atoms with Crippen LogP contribution in [0.1, 0.15) is 12.5 Å². The van der Waals surface area contributed by atoms with E-state index in [2.05, 4.69) is 15.9 Å². The Morgan fingerprint density at radius 3 is 2.56 bits per heavy atom. The van der Waals surface area contributed by atoms with Gasteiger partial charge in [0, 0.05) is 4.47 Å². The van der Waals surface area contributed by atoms with Crippen LogP contribution in [0.25, 0.3) is 6.08 Å². The van der Waals surface area contributed by atoms with Crippen molar-refractivity contribution in [2.45, 2.75) is 6.92 Å². The lowest BCUT2D eigenvalue weighted by Gasteiger charge is -2.07. The number of nitrogens with zero attached hydrogens (tertiary/aromatic N) is 1. The summed E-state index contributed by atoms with van der Waals surface area (Å²) in [5.41, 5.74) is 0.387. The number of hydrogen-bond acceptors (Lipinski definition) is 6. The first-order valence-corrected chi connectivity index (χ1v) is 8.79. The maximum absolute atomic E-state index is 11.9. The summed E-state index contributed by atoms with van der Waals surface area (Å²) in [7, 11) is 0. The Kier molecular flexibility index (Phi) is 7.59. The SMILES string of the molecule is CCOC(=O)/C(C#N)=C/c1cccc(OC(=O)COc2ccc(Br)cc2)c1. The Bertz CT molecular complexity index is 884. The molecule has 27 heavy (non-hydrogen) atoms. The van der Waals surface area contributed by atoms with Crippen molar-refractivity contribution in [2.75, 3.05) is 13.2 Å². The van der Waals surface area contributed by atoms with Gasteiger partial charge in [-0.25, -0.2) is 9.59 Å². The number of carbonyl (C=O) groups is 2. The van der Waals surface area contributed by atoms with Gasteiger partial charge in [0.2, 0.25) is 0 Å². The number of hydrogen-bond donors (Lipinski definition) is 0. The Labute approximate surface area is 165 Å². The van der Waals surface area contributed by atoms with E-state index < -0.39 is 11.9 Å². The maximum atomic E-state index is 11.9. The first-order chi connectivity index (χ1) is 13.0. The first-order valence-electron chi connectivity index (χ1n) is 8.00. The fourth-order valence-corrected chi connectivity index (χ4v) is 2.28. The Hall–Kier alpha value is -3.11. The standard InChI is InChI=1S/C20H16BrNO5/c1-2-25-20(24)15(12-22)10-14-4-3-5-18(11-14)27-19(23)13-26-17-8-6-16(21)7-9-17/h3-11H,2,13H2,1H3/b15-10+. The summed E-state index contributed by atoms with van der Waals surface area (Å²) in [6.07, 6.45) is 1.37. The molecule has 0 atom stereocenters. The molecule has 138 valence electrons. The molecule has 0 aliphatic carbocycles. The monoisotopic (exact) mass is 429 g/mol. The van der Waals surface area contributed by atoms with E-state index >= 15 is 0 Å². The predicted molar refractivity (Wildman–Crippen MR) is 102 cm³/mol. The molecule has 0 aromatic heterocycles. The number of rotatable bonds is 7. The molecular weight excluding hydrogens is 414 g/mol. The number of esters is 2. The molecule has 0 heterocycles. The smallest absolute Gasteiger partial charge is 0.349 e. The van der Waals surface area contributed by atoms with Crippen molar-refractivity contribution in [2.24, 2.45) is 0 Å². The van der Waals surface area contributed by atoms with Gasteiger partial charge in [-0.2, -0.15) is 5.26 Å². The van der Waals surface area contributed by atoms with Crippen molar-refractivity contribution in [3.05, 3.63) is 64.1 Å². The van der Waals surface area contributed by atoms with E-state index in [9.17, 15) is 9.59 Å². The average Bonchev–Trinajstić information content (AvgIpc) is 2.66. The highest BCUT2D eigenvalue weighted by Crippen LogP contribution is 2.18. The number of benzene rings is 2. The summed E-state index contributed by atoms with van der Waals surface area (Å²) in [6, 6.07) is 15.3. The van der Waals surface area contributed by atoms with Crippen molar-refractivity contribution in [3.8, 4) is 17.6 Å². The Morgan fingerprint density at radius 2 is 1.89 bits per heavy atom. The van der Waals surface area contributed by atoms with Gasteiger partial charge in [0.25, 0.3) is 0 Å². The largest absolute Gasteiger partial charge is 0.482 e. The van der Waals surface area contributed by atoms with Gasteiger partial charge in [0.1, 0.15) is 23.1 Å². The van der Waals surface area contributed by atoms with E-state index in [1.165, 1.54) is 12.1 Å². The second-order valence-electron chi connectivity index (χ2n) is 5.18. The molecule has 0 amide bonds. The van der Waals surface area contributed by atoms with Crippen LogP contribution < -0.4 is 9.47 Å². The van der Waals surface area contributed by atoms with Crippen LogP contribution in [0.15, 0.2) is 58.6 Å². The summed E-state index contributed by atoms with van der Waals surface area (Å²) in [4.78, 5) is 23.6. The maximum Gasteiger partial charge on any atom is 0.349 e. The van der Waals surface area contributed by atoms with E-state index in [0.29, 0.717) is 11.3 Å².